The first-order valence-corrected chi connectivity index (χ1v) is 11.8. The number of hydrogen-bond donors (Lipinski definition) is 0. The van der Waals surface area contributed by atoms with E-state index in [0.29, 0.717) is 13.1 Å². The van der Waals surface area contributed by atoms with Gasteiger partial charge in [0, 0.05) is 37.1 Å². The summed E-state index contributed by atoms with van der Waals surface area (Å²) >= 11 is 1.50. The zero-order chi connectivity index (χ0) is 21.5. The summed E-state index contributed by atoms with van der Waals surface area (Å²) < 4.78 is 54.6. The molecule has 2 aromatic carbocycles. The predicted molar refractivity (Wildman–Crippen MR) is 114 cm³/mol. The van der Waals surface area contributed by atoms with Crippen LogP contribution in [0.4, 0.5) is 13.9 Å². The number of rotatable bonds is 4. The number of sulfonamides is 1. The molecule has 30 heavy (non-hydrogen) atoms. The van der Waals surface area contributed by atoms with E-state index in [4.69, 9.17) is 4.98 Å². The highest BCUT2D eigenvalue weighted by Gasteiger charge is 2.33. The second-order valence-electron chi connectivity index (χ2n) is 7.20. The lowest BCUT2D eigenvalue weighted by molar-refractivity contribution is 0.378. The largest absolute Gasteiger partial charge is 0.345 e. The number of hydrogen-bond acceptors (Lipinski definition) is 5. The first kappa shape index (κ1) is 20.9. The van der Waals surface area contributed by atoms with Gasteiger partial charge in [0.2, 0.25) is 10.0 Å². The van der Waals surface area contributed by atoms with Gasteiger partial charge in [-0.05, 0) is 37.1 Å². The maximum atomic E-state index is 14.0. The molecule has 5 nitrogen and oxygen atoms in total. The summed E-state index contributed by atoms with van der Waals surface area (Å²) in [6.07, 6.45) is 0. The van der Waals surface area contributed by atoms with Crippen LogP contribution in [0, 0.1) is 25.5 Å². The molecule has 9 heteroatoms. The van der Waals surface area contributed by atoms with E-state index in [9.17, 15) is 17.2 Å². The van der Waals surface area contributed by atoms with Gasteiger partial charge >= 0.3 is 0 Å². The SMILES string of the molecule is Cc1cccc(-c2csc(N3CCN(S(=O)(=O)c4c(F)cccc4F)CC3)n2)c1C. The maximum Gasteiger partial charge on any atom is 0.249 e. The molecule has 0 atom stereocenters. The Hall–Kier alpha value is -2.36. The minimum absolute atomic E-state index is 0.133. The monoisotopic (exact) mass is 449 g/mol. The van der Waals surface area contributed by atoms with Crippen molar-refractivity contribution in [2.24, 2.45) is 0 Å². The molecule has 0 saturated carbocycles. The van der Waals surface area contributed by atoms with Gasteiger partial charge in [-0.2, -0.15) is 4.31 Å². The summed E-state index contributed by atoms with van der Waals surface area (Å²) in [5.74, 6) is -2.15. The predicted octanol–water partition coefficient (Wildman–Crippen LogP) is 4.22. The molecule has 0 N–H and O–H groups in total. The van der Waals surface area contributed by atoms with Crippen LogP contribution in [0.1, 0.15) is 11.1 Å². The highest BCUT2D eigenvalue weighted by atomic mass is 32.2. The summed E-state index contributed by atoms with van der Waals surface area (Å²) in [5, 5.41) is 2.80. The molecule has 1 saturated heterocycles. The van der Waals surface area contributed by atoms with Crippen LogP contribution in [0.25, 0.3) is 11.3 Å². The molecule has 4 rings (SSSR count). The van der Waals surface area contributed by atoms with Crippen molar-refractivity contribution in [3.05, 3.63) is 64.5 Å². The molecule has 0 spiro atoms. The summed E-state index contributed by atoms with van der Waals surface area (Å²) in [4.78, 5) is 5.85. The third-order valence-electron chi connectivity index (χ3n) is 5.40. The van der Waals surface area contributed by atoms with Crippen LogP contribution in [0.5, 0.6) is 0 Å². The van der Waals surface area contributed by atoms with Gasteiger partial charge in [-0.1, -0.05) is 24.3 Å². The van der Waals surface area contributed by atoms with Crippen molar-refractivity contribution in [1.82, 2.24) is 9.29 Å². The fourth-order valence-corrected chi connectivity index (χ4v) is 5.95. The number of aromatic nitrogens is 1. The molecular formula is C21H21F2N3O2S2. The molecule has 1 aromatic heterocycles. The van der Waals surface area contributed by atoms with E-state index >= 15 is 0 Å². The standard InChI is InChI=1S/C21H21F2N3O2S2/c1-14-5-3-6-16(15(14)2)19-13-29-21(24-19)25-9-11-26(12-10-25)30(27,28)20-17(22)7-4-8-18(20)23/h3-8,13H,9-12H2,1-2H3. The van der Waals surface area contributed by atoms with Crippen molar-refractivity contribution in [2.75, 3.05) is 31.1 Å². The van der Waals surface area contributed by atoms with E-state index in [0.717, 1.165) is 38.9 Å². The lowest BCUT2D eigenvalue weighted by Gasteiger charge is -2.33. The first-order valence-electron chi connectivity index (χ1n) is 9.50. The number of aryl methyl sites for hydroxylation is 1. The van der Waals surface area contributed by atoms with Crippen molar-refractivity contribution >= 4 is 26.5 Å². The van der Waals surface area contributed by atoms with Gasteiger partial charge in [-0.25, -0.2) is 22.2 Å². The zero-order valence-corrected chi connectivity index (χ0v) is 18.2. The Morgan fingerprint density at radius 1 is 0.967 bits per heavy atom. The Morgan fingerprint density at radius 3 is 2.27 bits per heavy atom. The number of piperazine rings is 1. The number of thiazole rings is 1. The van der Waals surface area contributed by atoms with E-state index in [2.05, 4.69) is 19.9 Å². The summed E-state index contributed by atoms with van der Waals surface area (Å²) in [7, 11) is -4.24. The van der Waals surface area contributed by atoms with Crippen LogP contribution in [-0.4, -0.2) is 43.9 Å². The Bertz CT molecular complexity index is 1170. The molecule has 2 heterocycles. The van der Waals surface area contributed by atoms with E-state index in [1.807, 2.05) is 22.4 Å². The minimum atomic E-state index is -4.24. The molecule has 1 fully saturated rings. The smallest absolute Gasteiger partial charge is 0.249 e. The van der Waals surface area contributed by atoms with Crippen LogP contribution >= 0.6 is 11.3 Å². The van der Waals surface area contributed by atoms with Gasteiger partial charge in [-0.3, -0.25) is 0 Å². The van der Waals surface area contributed by atoms with E-state index < -0.39 is 26.6 Å². The lowest BCUT2D eigenvalue weighted by atomic mass is 10.0. The topological polar surface area (TPSA) is 53.5 Å². The molecule has 0 amide bonds. The Morgan fingerprint density at radius 2 is 1.60 bits per heavy atom. The third kappa shape index (κ3) is 3.73. The van der Waals surface area contributed by atoms with Gasteiger partial charge < -0.3 is 4.90 Å². The number of halogens is 2. The second-order valence-corrected chi connectivity index (χ2v) is 9.92. The first-order chi connectivity index (χ1) is 14.3. The molecule has 3 aromatic rings. The third-order valence-corrected chi connectivity index (χ3v) is 8.25. The molecule has 1 aliphatic heterocycles. The van der Waals surface area contributed by atoms with Gasteiger partial charge in [0.15, 0.2) is 10.0 Å². The summed E-state index contributed by atoms with van der Waals surface area (Å²) in [6.45, 7) is 5.19. The summed E-state index contributed by atoms with van der Waals surface area (Å²) in [6, 6.07) is 9.16. The van der Waals surface area contributed by atoms with Crippen molar-refractivity contribution < 1.29 is 17.2 Å². The van der Waals surface area contributed by atoms with Crippen molar-refractivity contribution in [1.29, 1.82) is 0 Å². The van der Waals surface area contributed by atoms with Crippen LogP contribution in [0.15, 0.2) is 46.7 Å². The highest BCUT2D eigenvalue weighted by molar-refractivity contribution is 7.89. The highest BCUT2D eigenvalue weighted by Crippen LogP contribution is 2.31. The summed E-state index contributed by atoms with van der Waals surface area (Å²) in [5.41, 5.74) is 4.34. The van der Waals surface area contributed by atoms with E-state index in [1.54, 1.807) is 0 Å². The Labute approximate surface area is 178 Å². The molecule has 1 aliphatic rings. The van der Waals surface area contributed by atoms with Crippen molar-refractivity contribution in [3.8, 4) is 11.3 Å². The Balaban J connectivity index is 1.50. The van der Waals surface area contributed by atoms with Crippen LogP contribution in [0.3, 0.4) is 0 Å². The zero-order valence-electron chi connectivity index (χ0n) is 16.6. The van der Waals surface area contributed by atoms with Crippen LogP contribution < -0.4 is 4.90 Å². The van der Waals surface area contributed by atoms with Crippen molar-refractivity contribution in [3.63, 3.8) is 0 Å². The molecular weight excluding hydrogens is 428 g/mol. The number of benzene rings is 2. The van der Waals surface area contributed by atoms with E-state index in [-0.39, 0.29) is 13.1 Å². The average Bonchev–Trinajstić information content (AvgIpc) is 3.20. The fraction of sp³-hybridized carbons (Fsp3) is 0.286. The van der Waals surface area contributed by atoms with Crippen LogP contribution in [0.2, 0.25) is 0 Å². The van der Waals surface area contributed by atoms with Gasteiger partial charge in [-0.15, -0.1) is 11.3 Å². The fourth-order valence-electron chi connectivity index (χ4n) is 3.54. The quantitative estimate of drug-likeness (QED) is 0.599. The minimum Gasteiger partial charge on any atom is -0.345 e. The average molecular weight is 450 g/mol. The van der Waals surface area contributed by atoms with Gasteiger partial charge in [0.25, 0.3) is 0 Å². The van der Waals surface area contributed by atoms with E-state index in [1.165, 1.54) is 22.5 Å². The van der Waals surface area contributed by atoms with Crippen LogP contribution in [-0.2, 0) is 10.0 Å². The normalized spacial score (nSPS) is 15.5. The maximum absolute atomic E-state index is 14.0. The number of nitrogens with zero attached hydrogens (tertiary/aromatic N) is 3. The van der Waals surface area contributed by atoms with Gasteiger partial charge in [0.05, 0.1) is 5.69 Å². The molecule has 158 valence electrons. The lowest BCUT2D eigenvalue weighted by Crippen LogP contribution is -2.49. The molecule has 0 aliphatic carbocycles. The number of anilines is 1. The Kier molecular flexibility index (Phi) is 5.61. The molecule has 0 radical (unpaired) electrons. The second kappa shape index (κ2) is 8.05. The van der Waals surface area contributed by atoms with Gasteiger partial charge in [0.1, 0.15) is 11.6 Å². The van der Waals surface area contributed by atoms with Crippen molar-refractivity contribution in [2.45, 2.75) is 18.7 Å². The molecule has 0 unspecified atom stereocenters. The molecule has 0 bridgehead atoms.